The van der Waals surface area contributed by atoms with Crippen LogP contribution in [0.25, 0.3) is 0 Å². The van der Waals surface area contributed by atoms with E-state index in [1.54, 1.807) is 6.92 Å². The number of nitrogens with one attached hydrogen (secondary N) is 1. The van der Waals surface area contributed by atoms with E-state index in [-0.39, 0.29) is 23.6 Å². The molecule has 0 aromatic carbocycles. The lowest BCUT2D eigenvalue weighted by molar-refractivity contribution is -0.385. The fourth-order valence-electron chi connectivity index (χ4n) is 2.08. The molecule has 126 valence electrons. The molecule has 0 unspecified atom stereocenters. The molecule has 0 fully saturated rings. The molecule has 0 aliphatic carbocycles. The number of nitrogens with zero attached hydrogens (tertiary/aromatic N) is 2. The minimum Gasteiger partial charge on any atom is -0.481 e. The maximum atomic E-state index is 12.0. The van der Waals surface area contributed by atoms with Crippen LogP contribution < -0.4 is 5.32 Å². The number of hydrogen-bond acceptors (Lipinski definition) is 5. The summed E-state index contributed by atoms with van der Waals surface area (Å²) in [6.07, 6.45) is 5.43. The number of carboxylic acids is 1. The lowest BCUT2D eigenvalue weighted by Gasteiger charge is -2.07. The van der Waals surface area contributed by atoms with Crippen LogP contribution in [0, 0.1) is 17.0 Å². The van der Waals surface area contributed by atoms with Gasteiger partial charge < -0.3 is 10.4 Å². The Morgan fingerprint density at radius 3 is 2.57 bits per heavy atom. The van der Waals surface area contributed by atoms with Crippen molar-refractivity contribution in [1.82, 2.24) is 10.3 Å². The van der Waals surface area contributed by atoms with E-state index in [0.717, 1.165) is 31.9 Å². The van der Waals surface area contributed by atoms with Gasteiger partial charge in [0.2, 0.25) is 0 Å². The summed E-state index contributed by atoms with van der Waals surface area (Å²) < 4.78 is 0. The van der Waals surface area contributed by atoms with Crippen LogP contribution in [0.1, 0.15) is 54.6 Å². The van der Waals surface area contributed by atoms with Gasteiger partial charge in [-0.2, -0.15) is 0 Å². The van der Waals surface area contributed by atoms with Crippen LogP contribution in [0.15, 0.2) is 12.3 Å². The monoisotopic (exact) mass is 323 g/mol. The summed E-state index contributed by atoms with van der Waals surface area (Å²) in [6, 6.07) is 1.23. The van der Waals surface area contributed by atoms with Gasteiger partial charge >= 0.3 is 5.97 Å². The first-order chi connectivity index (χ1) is 10.9. The average molecular weight is 323 g/mol. The van der Waals surface area contributed by atoms with Gasteiger partial charge in [-0.3, -0.25) is 24.7 Å². The predicted octanol–water partition coefficient (Wildman–Crippen LogP) is 2.45. The van der Waals surface area contributed by atoms with Gasteiger partial charge in [0, 0.05) is 19.0 Å². The number of hydrogen-bond donors (Lipinski definition) is 2. The number of pyridine rings is 1. The van der Waals surface area contributed by atoms with Gasteiger partial charge in [-0.25, -0.2) is 0 Å². The minimum absolute atomic E-state index is 0.190. The van der Waals surface area contributed by atoms with Crippen molar-refractivity contribution in [2.24, 2.45) is 0 Å². The standard InChI is InChI=1S/C15H21N3O5/c1-11-13(9-12(10-17-11)18(22)23)15(21)16-8-6-4-2-3-5-7-14(19)20/h9-10H,2-8H2,1H3,(H,16,21)(H,19,20). The third-order valence-electron chi connectivity index (χ3n) is 3.38. The van der Waals surface area contributed by atoms with E-state index in [2.05, 4.69) is 10.3 Å². The second-order valence-corrected chi connectivity index (χ2v) is 5.25. The van der Waals surface area contributed by atoms with Gasteiger partial charge in [0.05, 0.1) is 16.2 Å². The summed E-state index contributed by atoms with van der Waals surface area (Å²) in [5.74, 6) is -1.15. The molecule has 0 aliphatic rings. The van der Waals surface area contributed by atoms with E-state index < -0.39 is 10.9 Å². The zero-order valence-electron chi connectivity index (χ0n) is 13.1. The lowest BCUT2D eigenvalue weighted by Crippen LogP contribution is -2.25. The highest BCUT2D eigenvalue weighted by Crippen LogP contribution is 2.14. The van der Waals surface area contributed by atoms with Crippen molar-refractivity contribution in [2.75, 3.05) is 6.54 Å². The second-order valence-electron chi connectivity index (χ2n) is 5.25. The molecule has 0 saturated carbocycles. The van der Waals surface area contributed by atoms with Gasteiger partial charge in [0.15, 0.2) is 0 Å². The number of aryl methyl sites for hydroxylation is 1. The summed E-state index contributed by atoms with van der Waals surface area (Å²) in [5.41, 5.74) is 0.446. The Morgan fingerprint density at radius 1 is 1.26 bits per heavy atom. The molecule has 1 rings (SSSR count). The lowest BCUT2D eigenvalue weighted by atomic mass is 10.1. The smallest absolute Gasteiger partial charge is 0.303 e. The number of unbranched alkanes of at least 4 members (excludes halogenated alkanes) is 4. The van der Waals surface area contributed by atoms with Crippen LogP contribution in [0.5, 0.6) is 0 Å². The van der Waals surface area contributed by atoms with Crippen molar-refractivity contribution in [3.8, 4) is 0 Å². The van der Waals surface area contributed by atoms with E-state index in [1.807, 2.05) is 0 Å². The van der Waals surface area contributed by atoms with Gasteiger partial charge in [-0.1, -0.05) is 19.3 Å². The summed E-state index contributed by atoms with van der Waals surface area (Å²) >= 11 is 0. The number of carboxylic acid groups (broad SMARTS) is 1. The molecule has 0 aliphatic heterocycles. The highest BCUT2D eigenvalue weighted by atomic mass is 16.6. The molecule has 23 heavy (non-hydrogen) atoms. The molecule has 0 atom stereocenters. The summed E-state index contributed by atoms with van der Waals surface area (Å²) in [4.78, 5) is 36.3. The number of aromatic nitrogens is 1. The number of amides is 1. The molecule has 1 aromatic heterocycles. The van der Waals surface area contributed by atoms with E-state index in [1.165, 1.54) is 6.07 Å². The first kappa shape index (κ1) is 18.5. The third-order valence-corrected chi connectivity index (χ3v) is 3.38. The van der Waals surface area contributed by atoms with Crippen LogP contribution in [-0.2, 0) is 4.79 Å². The highest BCUT2D eigenvalue weighted by Gasteiger charge is 2.15. The largest absolute Gasteiger partial charge is 0.481 e. The van der Waals surface area contributed by atoms with Crippen molar-refractivity contribution in [1.29, 1.82) is 0 Å². The van der Waals surface area contributed by atoms with E-state index in [0.29, 0.717) is 18.7 Å². The van der Waals surface area contributed by atoms with Crippen LogP contribution in [-0.4, -0.2) is 33.4 Å². The van der Waals surface area contributed by atoms with E-state index in [4.69, 9.17) is 5.11 Å². The van der Waals surface area contributed by atoms with Crippen LogP contribution in [0.4, 0.5) is 5.69 Å². The number of rotatable bonds is 10. The Balaban J connectivity index is 2.30. The van der Waals surface area contributed by atoms with Gasteiger partial charge in [-0.15, -0.1) is 0 Å². The molecular formula is C15H21N3O5. The number of carbonyl (C=O) groups excluding carboxylic acids is 1. The highest BCUT2D eigenvalue weighted by molar-refractivity contribution is 5.95. The van der Waals surface area contributed by atoms with Crippen molar-refractivity contribution >= 4 is 17.6 Å². The average Bonchev–Trinajstić information content (AvgIpc) is 2.49. The van der Waals surface area contributed by atoms with Gasteiger partial charge in [0.25, 0.3) is 11.6 Å². The Kier molecular flexibility index (Phi) is 7.65. The summed E-state index contributed by atoms with van der Waals surface area (Å²) in [6.45, 7) is 2.10. The maximum absolute atomic E-state index is 12.0. The third kappa shape index (κ3) is 6.86. The molecule has 2 N–H and O–H groups in total. The number of aliphatic carboxylic acids is 1. The zero-order chi connectivity index (χ0) is 17.2. The summed E-state index contributed by atoms with van der Waals surface area (Å²) in [5, 5.41) is 21.9. The van der Waals surface area contributed by atoms with Crippen molar-refractivity contribution in [2.45, 2.75) is 45.4 Å². The maximum Gasteiger partial charge on any atom is 0.303 e. The predicted molar refractivity (Wildman–Crippen MR) is 83.3 cm³/mol. The SMILES string of the molecule is Cc1ncc([N+](=O)[O-])cc1C(=O)NCCCCCCCC(=O)O. The second kappa shape index (κ2) is 9.50. The van der Waals surface area contributed by atoms with Crippen LogP contribution in [0.3, 0.4) is 0 Å². The Bertz CT molecular complexity index is 574. The molecule has 8 heteroatoms. The van der Waals surface area contributed by atoms with Gasteiger partial charge in [0.1, 0.15) is 6.20 Å². The topological polar surface area (TPSA) is 122 Å². The molecule has 0 radical (unpaired) electrons. The quantitative estimate of drug-likeness (QED) is 0.387. The fourth-order valence-corrected chi connectivity index (χ4v) is 2.08. The van der Waals surface area contributed by atoms with Crippen molar-refractivity contribution < 1.29 is 19.6 Å². The van der Waals surface area contributed by atoms with Gasteiger partial charge in [-0.05, 0) is 19.8 Å². The molecule has 0 spiro atoms. The normalized spacial score (nSPS) is 10.3. The molecule has 0 saturated heterocycles. The number of carbonyl (C=O) groups is 2. The Labute approximate surface area is 134 Å². The Morgan fingerprint density at radius 2 is 1.91 bits per heavy atom. The first-order valence-electron chi connectivity index (χ1n) is 7.53. The van der Waals surface area contributed by atoms with Crippen molar-refractivity contribution in [3.05, 3.63) is 33.6 Å². The van der Waals surface area contributed by atoms with E-state index in [9.17, 15) is 19.7 Å². The molecule has 8 nitrogen and oxygen atoms in total. The summed E-state index contributed by atoms with van der Waals surface area (Å²) in [7, 11) is 0. The molecule has 0 bridgehead atoms. The molecular weight excluding hydrogens is 302 g/mol. The van der Waals surface area contributed by atoms with E-state index >= 15 is 0 Å². The number of nitro groups is 1. The molecule has 1 aromatic rings. The molecule has 1 amide bonds. The van der Waals surface area contributed by atoms with Crippen molar-refractivity contribution in [3.63, 3.8) is 0 Å². The fraction of sp³-hybridized carbons (Fsp3) is 0.533. The zero-order valence-corrected chi connectivity index (χ0v) is 13.1. The minimum atomic E-state index is -0.779. The molecule has 1 heterocycles. The van der Waals surface area contributed by atoms with Crippen LogP contribution >= 0.6 is 0 Å². The first-order valence-corrected chi connectivity index (χ1v) is 7.53. The Hall–Kier alpha value is -2.51. The van der Waals surface area contributed by atoms with Crippen LogP contribution in [0.2, 0.25) is 0 Å².